The summed E-state index contributed by atoms with van der Waals surface area (Å²) < 4.78 is 2.47. The van der Waals surface area contributed by atoms with Gasteiger partial charge in [-0.3, -0.25) is 4.79 Å². The lowest BCUT2D eigenvalue weighted by molar-refractivity contribution is 0.912. The van der Waals surface area contributed by atoms with Gasteiger partial charge in [0.05, 0.1) is 5.52 Å². The molecule has 0 aliphatic heterocycles. The average molecular weight is 228 g/mol. The van der Waals surface area contributed by atoms with Gasteiger partial charge in [-0.05, 0) is 22.0 Å². The van der Waals surface area contributed by atoms with E-state index in [-0.39, 0.29) is 5.56 Å². The van der Waals surface area contributed by atoms with Crippen molar-refractivity contribution in [2.24, 2.45) is 7.05 Å². The first-order chi connectivity index (χ1) is 5.70. The number of H-pyrrole nitrogens is 1. The zero-order valence-electron chi connectivity index (χ0n) is 6.34. The highest BCUT2D eigenvalue weighted by Crippen LogP contribution is 2.14. The standard InChI is InChI=1S/C7H6BrN3O/c1-11-4-2-3-9-6(12)5(4)10-7(11)8/h2-3H,1H3,(H,9,12). The number of rotatable bonds is 0. The van der Waals surface area contributed by atoms with Crippen molar-refractivity contribution in [3.63, 3.8) is 0 Å². The summed E-state index contributed by atoms with van der Waals surface area (Å²) in [6.45, 7) is 0. The van der Waals surface area contributed by atoms with Gasteiger partial charge in [0.1, 0.15) is 0 Å². The Kier molecular flexibility index (Phi) is 1.54. The molecule has 0 unspecified atom stereocenters. The molecule has 2 heterocycles. The van der Waals surface area contributed by atoms with Gasteiger partial charge in [-0.25, -0.2) is 4.98 Å². The van der Waals surface area contributed by atoms with Crippen molar-refractivity contribution in [3.05, 3.63) is 27.4 Å². The van der Waals surface area contributed by atoms with E-state index < -0.39 is 0 Å². The molecule has 0 aliphatic carbocycles. The molecule has 0 fully saturated rings. The molecule has 2 aromatic heterocycles. The first kappa shape index (κ1) is 7.54. The van der Waals surface area contributed by atoms with Crippen LogP contribution in [0.2, 0.25) is 0 Å². The van der Waals surface area contributed by atoms with Crippen molar-refractivity contribution in [2.75, 3.05) is 0 Å². The Morgan fingerprint density at radius 2 is 2.42 bits per heavy atom. The van der Waals surface area contributed by atoms with E-state index >= 15 is 0 Å². The Hall–Kier alpha value is -1.10. The smallest absolute Gasteiger partial charge is 0.276 e. The first-order valence-electron chi connectivity index (χ1n) is 3.40. The van der Waals surface area contributed by atoms with Crippen molar-refractivity contribution in [3.8, 4) is 0 Å². The van der Waals surface area contributed by atoms with E-state index in [0.717, 1.165) is 5.52 Å². The highest BCUT2D eigenvalue weighted by molar-refractivity contribution is 9.10. The Labute approximate surface area is 76.4 Å². The lowest BCUT2D eigenvalue weighted by Gasteiger charge is -1.92. The zero-order chi connectivity index (χ0) is 8.72. The predicted molar refractivity (Wildman–Crippen MR) is 49.0 cm³/mol. The molecule has 0 amide bonds. The molecule has 0 atom stereocenters. The SMILES string of the molecule is Cn1c(Br)nc2c(=O)[nH]ccc21. The van der Waals surface area contributed by atoms with Crippen molar-refractivity contribution in [1.29, 1.82) is 0 Å². The molecule has 0 aliphatic rings. The van der Waals surface area contributed by atoms with Gasteiger partial charge in [0.2, 0.25) is 0 Å². The van der Waals surface area contributed by atoms with Gasteiger partial charge in [-0.15, -0.1) is 0 Å². The summed E-state index contributed by atoms with van der Waals surface area (Å²) in [5, 5.41) is 0. The van der Waals surface area contributed by atoms with Crippen LogP contribution in [0.15, 0.2) is 21.8 Å². The van der Waals surface area contributed by atoms with Gasteiger partial charge in [0.25, 0.3) is 5.56 Å². The molecule has 12 heavy (non-hydrogen) atoms. The fourth-order valence-electron chi connectivity index (χ4n) is 1.11. The van der Waals surface area contributed by atoms with E-state index in [0.29, 0.717) is 10.3 Å². The molecule has 62 valence electrons. The van der Waals surface area contributed by atoms with Crippen molar-refractivity contribution >= 4 is 27.0 Å². The van der Waals surface area contributed by atoms with Gasteiger partial charge in [0.15, 0.2) is 10.3 Å². The van der Waals surface area contributed by atoms with E-state index in [1.807, 2.05) is 17.7 Å². The van der Waals surface area contributed by atoms with Crippen LogP contribution >= 0.6 is 15.9 Å². The molecule has 0 radical (unpaired) electrons. The third kappa shape index (κ3) is 0.896. The topological polar surface area (TPSA) is 50.7 Å². The summed E-state index contributed by atoms with van der Waals surface area (Å²) in [6.07, 6.45) is 1.61. The van der Waals surface area contributed by atoms with Crippen LogP contribution in [0.5, 0.6) is 0 Å². The molecule has 1 N–H and O–H groups in total. The number of halogens is 1. The minimum atomic E-state index is -0.159. The van der Waals surface area contributed by atoms with E-state index in [4.69, 9.17) is 0 Å². The van der Waals surface area contributed by atoms with Crippen LogP contribution in [0, 0.1) is 0 Å². The fourth-order valence-corrected chi connectivity index (χ4v) is 1.47. The Morgan fingerprint density at radius 1 is 1.67 bits per heavy atom. The normalized spacial score (nSPS) is 10.8. The molecular formula is C7H6BrN3O. The lowest BCUT2D eigenvalue weighted by Crippen LogP contribution is -2.04. The molecule has 4 nitrogen and oxygen atoms in total. The quantitative estimate of drug-likeness (QED) is 0.731. The monoisotopic (exact) mass is 227 g/mol. The maximum atomic E-state index is 11.2. The summed E-state index contributed by atoms with van der Waals surface area (Å²) in [5.74, 6) is 0. The van der Waals surface area contributed by atoms with Crippen LogP contribution in [-0.4, -0.2) is 14.5 Å². The minimum absolute atomic E-state index is 0.159. The summed E-state index contributed by atoms with van der Waals surface area (Å²) in [5.41, 5.74) is 1.13. The van der Waals surface area contributed by atoms with Crippen molar-refractivity contribution < 1.29 is 0 Å². The first-order valence-corrected chi connectivity index (χ1v) is 4.19. The fraction of sp³-hybridized carbons (Fsp3) is 0.143. The molecule has 0 aromatic carbocycles. The Morgan fingerprint density at radius 3 is 3.08 bits per heavy atom. The van der Waals surface area contributed by atoms with Crippen LogP contribution < -0.4 is 5.56 Å². The second-order valence-corrected chi connectivity index (χ2v) is 3.19. The average Bonchev–Trinajstić information content (AvgIpc) is 2.32. The Balaban J connectivity index is 3.05. The van der Waals surface area contributed by atoms with Crippen LogP contribution in [0.3, 0.4) is 0 Å². The highest BCUT2D eigenvalue weighted by atomic mass is 79.9. The van der Waals surface area contributed by atoms with Crippen LogP contribution in [0.25, 0.3) is 11.0 Å². The number of aromatic nitrogens is 3. The van der Waals surface area contributed by atoms with E-state index in [1.54, 1.807) is 6.20 Å². The van der Waals surface area contributed by atoms with Gasteiger partial charge in [-0.2, -0.15) is 0 Å². The Bertz CT molecular complexity index is 485. The summed E-state index contributed by atoms with van der Waals surface area (Å²) in [7, 11) is 1.85. The number of nitrogens with zero attached hydrogens (tertiary/aromatic N) is 2. The van der Waals surface area contributed by atoms with E-state index in [1.165, 1.54) is 0 Å². The number of aromatic amines is 1. The minimum Gasteiger partial charge on any atom is -0.327 e. The van der Waals surface area contributed by atoms with Gasteiger partial charge in [-0.1, -0.05) is 0 Å². The molecule has 0 saturated carbocycles. The molecule has 2 aromatic rings. The molecule has 0 bridgehead atoms. The maximum absolute atomic E-state index is 11.2. The van der Waals surface area contributed by atoms with E-state index in [9.17, 15) is 4.79 Å². The second-order valence-electron chi connectivity index (χ2n) is 2.48. The maximum Gasteiger partial charge on any atom is 0.276 e. The number of hydrogen-bond acceptors (Lipinski definition) is 2. The summed E-state index contributed by atoms with van der Waals surface area (Å²) in [4.78, 5) is 17.8. The van der Waals surface area contributed by atoms with Gasteiger partial charge < -0.3 is 9.55 Å². The molecule has 0 saturated heterocycles. The van der Waals surface area contributed by atoms with Crippen LogP contribution in [-0.2, 0) is 7.05 Å². The third-order valence-corrected chi connectivity index (χ3v) is 2.46. The number of fused-ring (bicyclic) bond motifs is 1. The zero-order valence-corrected chi connectivity index (χ0v) is 7.92. The summed E-state index contributed by atoms with van der Waals surface area (Å²) in [6, 6.07) is 1.81. The largest absolute Gasteiger partial charge is 0.327 e. The number of nitrogens with one attached hydrogen (secondary N) is 1. The number of aryl methyl sites for hydroxylation is 1. The number of hydrogen-bond donors (Lipinski definition) is 1. The van der Waals surface area contributed by atoms with Crippen LogP contribution in [0.4, 0.5) is 0 Å². The molecule has 5 heteroatoms. The molecule has 0 spiro atoms. The predicted octanol–water partition coefficient (Wildman–Crippen LogP) is 1.02. The summed E-state index contributed by atoms with van der Waals surface area (Å²) >= 11 is 3.24. The second kappa shape index (κ2) is 2.45. The molecule has 2 rings (SSSR count). The van der Waals surface area contributed by atoms with E-state index in [2.05, 4.69) is 25.9 Å². The highest BCUT2D eigenvalue weighted by Gasteiger charge is 2.06. The number of imidazole rings is 1. The van der Waals surface area contributed by atoms with Crippen LogP contribution in [0.1, 0.15) is 0 Å². The third-order valence-electron chi connectivity index (χ3n) is 1.76. The van der Waals surface area contributed by atoms with Gasteiger partial charge >= 0.3 is 0 Å². The van der Waals surface area contributed by atoms with Crippen molar-refractivity contribution in [2.45, 2.75) is 0 Å². The molecular weight excluding hydrogens is 222 g/mol. The number of pyridine rings is 1. The van der Waals surface area contributed by atoms with Gasteiger partial charge in [0, 0.05) is 13.2 Å². The van der Waals surface area contributed by atoms with Crippen molar-refractivity contribution in [1.82, 2.24) is 14.5 Å². The lowest BCUT2D eigenvalue weighted by atomic mass is 10.4.